The van der Waals surface area contributed by atoms with E-state index in [0.29, 0.717) is 12.5 Å². The van der Waals surface area contributed by atoms with Crippen molar-refractivity contribution in [3.8, 4) is 0 Å². The van der Waals surface area contributed by atoms with Gasteiger partial charge in [0.15, 0.2) is 5.83 Å². The molecule has 0 aromatic carbocycles. The predicted molar refractivity (Wildman–Crippen MR) is 65.3 cm³/mol. The van der Waals surface area contributed by atoms with Crippen LogP contribution < -0.4 is 0 Å². The quantitative estimate of drug-likeness (QED) is 0.605. The van der Waals surface area contributed by atoms with Crippen molar-refractivity contribution in [2.45, 2.75) is 25.0 Å². The van der Waals surface area contributed by atoms with Crippen LogP contribution >= 0.6 is 0 Å². The van der Waals surface area contributed by atoms with Gasteiger partial charge < -0.3 is 9.84 Å². The zero-order chi connectivity index (χ0) is 14.0. The number of hydroxylamine groups is 2. The Morgan fingerprint density at radius 3 is 2.84 bits per heavy atom. The molecule has 19 heavy (non-hydrogen) atoms. The highest BCUT2D eigenvalue weighted by atomic mass is 19.1. The van der Waals surface area contributed by atoms with Crippen molar-refractivity contribution in [1.82, 2.24) is 5.06 Å². The van der Waals surface area contributed by atoms with E-state index in [-0.39, 0.29) is 12.0 Å². The second-order valence-electron chi connectivity index (χ2n) is 4.91. The first-order valence-electron chi connectivity index (χ1n) is 6.21. The molecule has 0 aromatic rings. The number of rotatable bonds is 5. The van der Waals surface area contributed by atoms with E-state index in [1.54, 1.807) is 0 Å². The highest BCUT2D eigenvalue weighted by Gasteiger charge is 2.40. The Kier molecular flexibility index (Phi) is 4.03. The second-order valence-corrected chi connectivity index (χ2v) is 4.91. The van der Waals surface area contributed by atoms with Crippen molar-refractivity contribution in [2.75, 3.05) is 20.8 Å². The molecule has 1 amide bonds. The standard InChI is InChI=1S/C13H18FNO4/c1-15(18-2)12(16)10-5-6-11(14)13(17,7-10)19-8-9-3-4-9/h5-6,9,17H,3-4,7-8H2,1-2H3. The molecule has 106 valence electrons. The van der Waals surface area contributed by atoms with Crippen LogP contribution in [0.5, 0.6) is 0 Å². The van der Waals surface area contributed by atoms with E-state index in [1.807, 2.05) is 0 Å². The number of aliphatic hydroxyl groups is 1. The molecule has 0 bridgehead atoms. The van der Waals surface area contributed by atoms with E-state index in [0.717, 1.165) is 24.0 Å². The summed E-state index contributed by atoms with van der Waals surface area (Å²) in [6.07, 6.45) is 4.26. The van der Waals surface area contributed by atoms with E-state index in [1.165, 1.54) is 20.2 Å². The highest BCUT2D eigenvalue weighted by molar-refractivity contribution is 5.93. The number of hydrogen-bond acceptors (Lipinski definition) is 4. The Labute approximate surface area is 111 Å². The van der Waals surface area contributed by atoms with Crippen molar-refractivity contribution in [1.29, 1.82) is 0 Å². The Morgan fingerprint density at radius 1 is 1.58 bits per heavy atom. The topological polar surface area (TPSA) is 59.0 Å². The van der Waals surface area contributed by atoms with Crippen molar-refractivity contribution in [3.63, 3.8) is 0 Å². The van der Waals surface area contributed by atoms with Crippen LogP contribution in [0.3, 0.4) is 0 Å². The third-order valence-electron chi connectivity index (χ3n) is 3.32. The minimum atomic E-state index is -2.03. The molecular formula is C13H18FNO4. The summed E-state index contributed by atoms with van der Waals surface area (Å²) in [5.41, 5.74) is 0.240. The molecule has 0 radical (unpaired) electrons. The number of hydrogen-bond donors (Lipinski definition) is 1. The lowest BCUT2D eigenvalue weighted by molar-refractivity contribution is -0.193. The van der Waals surface area contributed by atoms with Gasteiger partial charge in [-0.15, -0.1) is 0 Å². The summed E-state index contributed by atoms with van der Waals surface area (Å²) in [5, 5.41) is 11.2. The normalized spacial score (nSPS) is 26.7. The number of ether oxygens (including phenoxy) is 1. The molecule has 0 aromatic heterocycles. The fourth-order valence-electron chi connectivity index (χ4n) is 1.80. The zero-order valence-electron chi connectivity index (χ0n) is 11.1. The molecule has 0 saturated heterocycles. The smallest absolute Gasteiger partial charge is 0.273 e. The van der Waals surface area contributed by atoms with Gasteiger partial charge in [0.05, 0.1) is 13.7 Å². The number of allylic oxidation sites excluding steroid dienone is 2. The number of nitrogens with zero attached hydrogens (tertiary/aromatic N) is 1. The number of likely N-dealkylation sites (N-methyl/N-ethyl adjacent to an activating group) is 1. The van der Waals surface area contributed by atoms with Gasteiger partial charge in [-0.3, -0.25) is 9.63 Å². The van der Waals surface area contributed by atoms with Gasteiger partial charge in [0.2, 0.25) is 5.79 Å². The van der Waals surface area contributed by atoms with Crippen molar-refractivity contribution in [3.05, 3.63) is 23.6 Å². The van der Waals surface area contributed by atoms with Gasteiger partial charge in [-0.2, -0.15) is 0 Å². The third kappa shape index (κ3) is 3.20. The average molecular weight is 271 g/mol. The predicted octanol–water partition coefficient (Wildman–Crippen LogP) is 1.30. The lowest BCUT2D eigenvalue weighted by Gasteiger charge is -2.30. The number of carbonyl (C=O) groups excluding carboxylic acids is 1. The van der Waals surface area contributed by atoms with Crippen LogP contribution in [-0.2, 0) is 14.4 Å². The molecule has 1 fully saturated rings. The Morgan fingerprint density at radius 2 is 2.26 bits per heavy atom. The van der Waals surface area contributed by atoms with Gasteiger partial charge in [-0.1, -0.05) is 6.08 Å². The van der Waals surface area contributed by atoms with Crippen LogP contribution in [0.25, 0.3) is 0 Å². The van der Waals surface area contributed by atoms with Crippen LogP contribution in [0.15, 0.2) is 23.6 Å². The first-order chi connectivity index (χ1) is 8.96. The Hall–Kier alpha value is -1.24. The molecule has 2 aliphatic rings. The number of halogens is 1. The van der Waals surface area contributed by atoms with Crippen LogP contribution in [0, 0.1) is 5.92 Å². The van der Waals surface area contributed by atoms with Crippen molar-refractivity contribution < 1.29 is 23.9 Å². The molecule has 5 nitrogen and oxygen atoms in total. The maximum atomic E-state index is 13.7. The summed E-state index contributed by atoms with van der Waals surface area (Å²) in [6, 6.07) is 0. The minimum Gasteiger partial charge on any atom is -0.360 e. The fourth-order valence-corrected chi connectivity index (χ4v) is 1.80. The third-order valence-corrected chi connectivity index (χ3v) is 3.32. The lowest BCUT2D eigenvalue weighted by Crippen LogP contribution is -2.39. The van der Waals surface area contributed by atoms with Gasteiger partial charge in [0, 0.05) is 19.0 Å². The first-order valence-corrected chi connectivity index (χ1v) is 6.21. The van der Waals surface area contributed by atoms with Crippen molar-refractivity contribution >= 4 is 5.91 Å². The molecular weight excluding hydrogens is 253 g/mol. The summed E-state index contributed by atoms with van der Waals surface area (Å²) in [7, 11) is 2.80. The maximum Gasteiger partial charge on any atom is 0.273 e. The molecule has 0 aliphatic heterocycles. The summed E-state index contributed by atoms with van der Waals surface area (Å²) >= 11 is 0. The van der Waals surface area contributed by atoms with Crippen LogP contribution in [0.4, 0.5) is 4.39 Å². The Bertz CT molecular complexity index is 430. The summed E-state index contributed by atoms with van der Waals surface area (Å²) in [6.45, 7) is 0.305. The SMILES string of the molecule is CON(C)C(=O)C1=CC=C(F)C(O)(OCC2CC2)C1. The zero-order valence-corrected chi connectivity index (χ0v) is 11.1. The second kappa shape index (κ2) is 5.40. The largest absolute Gasteiger partial charge is 0.360 e. The average Bonchev–Trinajstić information content (AvgIpc) is 3.22. The van der Waals surface area contributed by atoms with Crippen LogP contribution in [-0.4, -0.2) is 42.6 Å². The molecule has 1 unspecified atom stereocenters. The molecule has 1 atom stereocenters. The molecule has 1 N–H and O–H groups in total. The van der Waals surface area contributed by atoms with E-state index < -0.39 is 17.5 Å². The molecule has 2 aliphatic carbocycles. The number of carbonyl (C=O) groups is 1. The van der Waals surface area contributed by atoms with Gasteiger partial charge in [0.1, 0.15) is 0 Å². The van der Waals surface area contributed by atoms with Gasteiger partial charge in [-0.25, -0.2) is 9.45 Å². The monoisotopic (exact) mass is 271 g/mol. The molecule has 6 heteroatoms. The van der Waals surface area contributed by atoms with E-state index in [2.05, 4.69) is 0 Å². The van der Waals surface area contributed by atoms with Crippen LogP contribution in [0.1, 0.15) is 19.3 Å². The molecule has 1 saturated carbocycles. The van der Waals surface area contributed by atoms with Gasteiger partial charge in [0.25, 0.3) is 5.91 Å². The highest BCUT2D eigenvalue weighted by Crippen LogP contribution is 2.36. The van der Waals surface area contributed by atoms with Crippen LogP contribution in [0.2, 0.25) is 0 Å². The first kappa shape index (κ1) is 14.2. The molecule has 0 spiro atoms. The molecule has 0 heterocycles. The lowest BCUT2D eigenvalue weighted by atomic mass is 9.97. The van der Waals surface area contributed by atoms with Crippen molar-refractivity contribution in [2.24, 2.45) is 5.92 Å². The van der Waals surface area contributed by atoms with E-state index >= 15 is 0 Å². The van der Waals surface area contributed by atoms with E-state index in [9.17, 15) is 14.3 Å². The van der Waals surface area contributed by atoms with Gasteiger partial charge >= 0.3 is 0 Å². The molecule has 2 rings (SSSR count). The summed E-state index contributed by atoms with van der Waals surface area (Å²) in [4.78, 5) is 16.7. The fraction of sp³-hybridized carbons (Fsp3) is 0.615. The number of amides is 1. The summed E-state index contributed by atoms with van der Waals surface area (Å²) < 4.78 is 19.0. The summed E-state index contributed by atoms with van der Waals surface area (Å²) in [5.74, 6) is -2.84. The van der Waals surface area contributed by atoms with Gasteiger partial charge in [-0.05, 0) is 24.8 Å². The maximum absolute atomic E-state index is 13.7. The van der Waals surface area contributed by atoms with E-state index in [4.69, 9.17) is 9.57 Å². The minimum absolute atomic E-state index is 0.214. The Balaban J connectivity index is 2.05.